The van der Waals surface area contributed by atoms with Gasteiger partial charge < -0.3 is 5.11 Å². The third kappa shape index (κ3) is 2.86. The molecule has 0 aliphatic carbocycles. The number of benzene rings is 1. The number of hydrogen-bond donors (Lipinski definition) is 1. The highest BCUT2D eigenvalue weighted by molar-refractivity contribution is 6.03. The highest BCUT2D eigenvalue weighted by Crippen LogP contribution is 2.29. The molecule has 1 N–H and O–H groups in total. The molecule has 0 radical (unpaired) electrons. The third-order valence-electron chi connectivity index (χ3n) is 4.70. The van der Waals surface area contributed by atoms with E-state index in [1.165, 1.54) is 19.3 Å². The quantitative estimate of drug-likeness (QED) is 0.942. The molecule has 4 rings (SSSR count). The van der Waals surface area contributed by atoms with E-state index in [2.05, 4.69) is 20.9 Å². The SMILES string of the molecule is Oc1c(CN2CCCCC2)ccc2ccc(C3=NC=CC3)nc12. The summed E-state index contributed by atoms with van der Waals surface area (Å²) in [5, 5.41) is 11.7. The first-order chi connectivity index (χ1) is 11.3. The number of allylic oxidation sites excluding steroid dienone is 1. The van der Waals surface area contributed by atoms with Crippen molar-refractivity contribution >= 4 is 16.6 Å². The molecule has 4 nitrogen and oxygen atoms in total. The average Bonchev–Trinajstić information content (AvgIpc) is 3.13. The van der Waals surface area contributed by atoms with E-state index in [4.69, 9.17) is 0 Å². The van der Waals surface area contributed by atoms with Crippen molar-refractivity contribution < 1.29 is 5.11 Å². The van der Waals surface area contributed by atoms with Crippen molar-refractivity contribution in [3.8, 4) is 5.75 Å². The Morgan fingerprint density at radius 1 is 1.04 bits per heavy atom. The predicted octanol–water partition coefficient (Wildman–Crippen LogP) is 3.63. The number of hydrogen-bond acceptors (Lipinski definition) is 4. The highest BCUT2D eigenvalue weighted by Gasteiger charge is 2.15. The summed E-state index contributed by atoms with van der Waals surface area (Å²) in [6, 6.07) is 8.09. The van der Waals surface area contributed by atoms with Crippen molar-refractivity contribution in [1.29, 1.82) is 0 Å². The number of likely N-dealkylation sites (tertiary alicyclic amines) is 1. The fourth-order valence-corrected chi connectivity index (χ4v) is 3.39. The standard InChI is InChI=1S/C19H21N3O/c23-19-15(13-22-11-2-1-3-12-22)7-6-14-8-9-17(21-18(14)19)16-5-4-10-20-16/h4,6-10,23H,1-3,5,11-13H2. The van der Waals surface area contributed by atoms with Gasteiger partial charge in [-0.05, 0) is 32.0 Å². The topological polar surface area (TPSA) is 48.7 Å². The lowest BCUT2D eigenvalue weighted by Gasteiger charge is -2.26. The highest BCUT2D eigenvalue weighted by atomic mass is 16.3. The minimum absolute atomic E-state index is 0.321. The van der Waals surface area contributed by atoms with Gasteiger partial charge in [0.25, 0.3) is 0 Å². The third-order valence-corrected chi connectivity index (χ3v) is 4.70. The molecule has 1 fully saturated rings. The summed E-state index contributed by atoms with van der Waals surface area (Å²) in [5.41, 5.74) is 3.47. The molecule has 3 heterocycles. The van der Waals surface area contributed by atoms with Crippen molar-refractivity contribution in [1.82, 2.24) is 9.88 Å². The van der Waals surface area contributed by atoms with E-state index in [9.17, 15) is 5.11 Å². The number of pyridine rings is 1. The molecule has 0 atom stereocenters. The van der Waals surface area contributed by atoms with Gasteiger partial charge >= 0.3 is 0 Å². The van der Waals surface area contributed by atoms with Crippen LogP contribution < -0.4 is 0 Å². The molecule has 2 aliphatic heterocycles. The van der Waals surface area contributed by atoms with Gasteiger partial charge in [-0.1, -0.05) is 30.7 Å². The van der Waals surface area contributed by atoms with Crippen LogP contribution in [0.25, 0.3) is 10.9 Å². The van der Waals surface area contributed by atoms with Gasteiger partial charge in [0.15, 0.2) is 0 Å². The fraction of sp³-hybridized carbons (Fsp3) is 0.368. The molecule has 2 aliphatic rings. The maximum Gasteiger partial charge on any atom is 0.146 e. The summed E-state index contributed by atoms with van der Waals surface area (Å²) >= 11 is 0. The van der Waals surface area contributed by atoms with E-state index in [1.807, 2.05) is 30.5 Å². The number of aromatic hydroxyl groups is 1. The van der Waals surface area contributed by atoms with Crippen LogP contribution in [-0.2, 0) is 6.54 Å². The van der Waals surface area contributed by atoms with Gasteiger partial charge in [-0.2, -0.15) is 0 Å². The molecule has 0 saturated carbocycles. The fourth-order valence-electron chi connectivity index (χ4n) is 3.39. The molecule has 118 valence electrons. The molecule has 23 heavy (non-hydrogen) atoms. The molecule has 1 aromatic carbocycles. The largest absolute Gasteiger partial charge is 0.505 e. The van der Waals surface area contributed by atoms with Crippen molar-refractivity contribution in [2.75, 3.05) is 13.1 Å². The number of aromatic nitrogens is 1. The van der Waals surface area contributed by atoms with E-state index < -0.39 is 0 Å². The second kappa shape index (κ2) is 6.13. The molecule has 1 aromatic heterocycles. The minimum atomic E-state index is 0.321. The minimum Gasteiger partial charge on any atom is -0.505 e. The monoisotopic (exact) mass is 307 g/mol. The maximum atomic E-state index is 10.7. The number of aliphatic imine (C=N–C) groups is 1. The lowest BCUT2D eigenvalue weighted by atomic mass is 10.1. The lowest BCUT2D eigenvalue weighted by Crippen LogP contribution is -2.29. The zero-order chi connectivity index (χ0) is 15.6. The Morgan fingerprint density at radius 2 is 1.87 bits per heavy atom. The number of rotatable bonds is 3. The summed E-state index contributed by atoms with van der Waals surface area (Å²) in [6.45, 7) is 3.04. The zero-order valence-corrected chi connectivity index (χ0v) is 13.2. The van der Waals surface area contributed by atoms with Crippen LogP contribution in [0.15, 0.2) is 41.5 Å². The number of nitrogens with zero attached hydrogens (tertiary/aromatic N) is 3. The van der Waals surface area contributed by atoms with E-state index in [0.29, 0.717) is 11.3 Å². The molecular weight excluding hydrogens is 286 g/mol. The summed E-state index contributed by atoms with van der Waals surface area (Å²) in [4.78, 5) is 11.4. The molecule has 0 bridgehead atoms. The molecule has 0 spiro atoms. The number of phenolic OH excluding ortho intramolecular Hbond substituents is 1. The first-order valence-electron chi connectivity index (χ1n) is 8.37. The van der Waals surface area contributed by atoms with Crippen LogP contribution in [0.4, 0.5) is 0 Å². The molecule has 0 amide bonds. The van der Waals surface area contributed by atoms with Gasteiger partial charge in [0.2, 0.25) is 0 Å². The van der Waals surface area contributed by atoms with Crippen LogP contribution >= 0.6 is 0 Å². The van der Waals surface area contributed by atoms with E-state index in [-0.39, 0.29) is 0 Å². The Hall–Kier alpha value is -2.20. The van der Waals surface area contributed by atoms with Gasteiger partial charge in [-0.25, -0.2) is 4.98 Å². The van der Waals surface area contributed by atoms with Crippen LogP contribution in [0.5, 0.6) is 5.75 Å². The van der Waals surface area contributed by atoms with Gasteiger partial charge in [0, 0.05) is 30.1 Å². The Bertz CT molecular complexity index is 789. The Balaban J connectivity index is 1.67. The maximum absolute atomic E-state index is 10.7. The second-order valence-electron chi connectivity index (χ2n) is 6.34. The Labute approximate surface area is 136 Å². The van der Waals surface area contributed by atoms with Crippen LogP contribution in [0.2, 0.25) is 0 Å². The Kier molecular flexibility index (Phi) is 3.83. The van der Waals surface area contributed by atoms with Crippen molar-refractivity contribution in [2.24, 2.45) is 4.99 Å². The first-order valence-corrected chi connectivity index (χ1v) is 8.37. The normalized spacial score (nSPS) is 18.5. The van der Waals surface area contributed by atoms with Crippen molar-refractivity contribution in [3.05, 3.63) is 47.8 Å². The molecule has 1 saturated heterocycles. The smallest absolute Gasteiger partial charge is 0.146 e. The Morgan fingerprint density at radius 3 is 2.65 bits per heavy atom. The zero-order valence-electron chi connectivity index (χ0n) is 13.2. The summed E-state index contributed by atoms with van der Waals surface area (Å²) in [6.07, 6.45) is 8.48. The molecule has 0 unspecified atom stereocenters. The van der Waals surface area contributed by atoms with Crippen molar-refractivity contribution in [2.45, 2.75) is 32.2 Å². The summed E-state index contributed by atoms with van der Waals surface area (Å²) in [5.74, 6) is 0.321. The van der Waals surface area contributed by atoms with E-state index >= 15 is 0 Å². The second-order valence-corrected chi connectivity index (χ2v) is 6.34. The number of piperidine rings is 1. The van der Waals surface area contributed by atoms with Crippen molar-refractivity contribution in [3.63, 3.8) is 0 Å². The van der Waals surface area contributed by atoms with Gasteiger partial charge in [0.1, 0.15) is 11.3 Å². The van der Waals surface area contributed by atoms with Crippen LogP contribution in [0.1, 0.15) is 36.9 Å². The summed E-state index contributed by atoms with van der Waals surface area (Å²) in [7, 11) is 0. The average molecular weight is 307 g/mol. The first kappa shape index (κ1) is 14.4. The molecule has 2 aromatic rings. The van der Waals surface area contributed by atoms with Gasteiger partial charge in [-0.3, -0.25) is 9.89 Å². The predicted molar refractivity (Wildman–Crippen MR) is 92.8 cm³/mol. The van der Waals surface area contributed by atoms with E-state index in [0.717, 1.165) is 48.4 Å². The lowest BCUT2D eigenvalue weighted by molar-refractivity contribution is 0.218. The van der Waals surface area contributed by atoms with Crippen LogP contribution in [0.3, 0.4) is 0 Å². The number of fused-ring (bicyclic) bond motifs is 1. The van der Waals surface area contributed by atoms with Gasteiger partial charge in [0.05, 0.1) is 11.4 Å². The van der Waals surface area contributed by atoms with E-state index in [1.54, 1.807) is 0 Å². The molecule has 4 heteroatoms. The van der Waals surface area contributed by atoms with Gasteiger partial charge in [-0.15, -0.1) is 0 Å². The molecular formula is C19H21N3O. The number of phenols is 1. The van der Waals surface area contributed by atoms with Crippen LogP contribution in [0, 0.1) is 0 Å². The van der Waals surface area contributed by atoms with Crippen LogP contribution in [-0.4, -0.2) is 33.8 Å². The summed E-state index contributed by atoms with van der Waals surface area (Å²) < 4.78 is 0.